The Hall–Kier alpha value is -2.30. The molecule has 0 fully saturated rings. The number of hydrogen-bond donors (Lipinski definition) is 1. The second-order valence-electron chi connectivity index (χ2n) is 5.36. The number of hydrogen-bond acceptors (Lipinski definition) is 3. The molecule has 0 bridgehead atoms. The van der Waals surface area contributed by atoms with Crippen molar-refractivity contribution >= 4 is 5.97 Å². The third-order valence-electron chi connectivity index (χ3n) is 3.96. The van der Waals surface area contributed by atoms with Crippen LogP contribution in [0.1, 0.15) is 32.9 Å². The highest BCUT2D eigenvalue weighted by Crippen LogP contribution is 2.26. The largest absolute Gasteiger partial charge is 0.493 e. The second kappa shape index (κ2) is 5.24. The van der Waals surface area contributed by atoms with Crippen molar-refractivity contribution in [1.82, 2.24) is 9.78 Å². The molecular weight excluding hydrogens is 268 g/mol. The van der Waals surface area contributed by atoms with Crippen molar-refractivity contribution in [3.8, 4) is 5.75 Å². The molecule has 1 aliphatic heterocycles. The smallest absolute Gasteiger partial charge is 0.339 e. The molecule has 0 atom stereocenters. The Bertz CT molecular complexity index is 704. The molecule has 0 aliphatic carbocycles. The van der Waals surface area contributed by atoms with Crippen LogP contribution in [0.3, 0.4) is 0 Å². The highest BCUT2D eigenvalue weighted by atomic mass is 16.5. The number of aromatic carboxylic acids is 1. The van der Waals surface area contributed by atoms with Crippen molar-refractivity contribution in [1.29, 1.82) is 0 Å². The van der Waals surface area contributed by atoms with Crippen molar-refractivity contribution < 1.29 is 14.6 Å². The van der Waals surface area contributed by atoms with Crippen LogP contribution in [-0.2, 0) is 19.4 Å². The van der Waals surface area contributed by atoms with E-state index in [1.54, 1.807) is 18.5 Å². The average Bonchev–Trinajstić information content (AvgIpc) is 3.00. The Morgan fingerprint density at radius 3 is 2.95 bits per heavy atom. The molecule has 110 valence electrons. The summed E-state index contributed by atoms with van der Waals surface area (Å²) in [6.07, 6.45) is 1.79. The number of aromatic nitrogens is 2. The van der Waals surface area contributed by atoms with Gasteiger partial charge < -0.3 is 9.84 Å². The van der Waals surface area contributed by atoms with Crippen LogP contribution in [-0.4, -0.2) is 27.5 Å². The maximum atomic E-state index is 11.2. The quantitative estimate of drug-likeness (QED) is 0.937. The van der Waals surface area contributed by atoms with Gasteiger partial charge in [0.05, 0.1) is 18.0 Å². The minimum absolute atomic E-state index is 0.317. The molecule has 1 N–H and O–H groups in total. The lowest BCUT2D eigenvalue weighted by atomic mass is 10.1. The molecule has 1 aliphatic rings. The minimum atomic E-state index is -0.911. The lowest BCUT2D eigenvalue weighted by molar-refractivity contribution is 0.0695. The summed E-state index contributed by atoms with van der Waals surface area (Å²) in [5.74, 6) is 0.0731. The Balaban J connectivity index is 1.76. The first kappa shape index (κ1) is 13.7. The molecule has 2 heterocycles. The summed E-state index contributed by atoms with van der Waals surface area (Å²) in [7, 11) is 0. The molecule has 5 heteroatoms. The van der Waals surface area contributed by atoms with Gasteiger partial charge in [-0.25, -0.2) is 4.79 Å². The highest BCUT2D eigenvalue weighted by molar-refractivity contribution is 5.90. The minimum Gasteiger partial charge on any atom is -0.493 e. The van der Waals surface area contributed by atoms with Gasteiger partial charge in [-0.05, 0) is 37.5 Å². The average molecular weight is 286 g/mol. The number of aryl methyl sites for hydroxylation is 3. The predicted octanol–water partition coefficient (Wildman–Crippen LogP) is 2.38. The van der Waals surface area contributed by atoms with Crippen LogP contribution in [0.25, 0.3) is 0 Å². The number of carboxylic acid groups (broad SMARTS) is 1. The third-order valence-corrected chi connectivity index (χ3v) is 3.96. The van der Waals surface area contributed by atoms with Gasteiger partial charge in [-0.2, -0.15) is 5.10 Å². The van der Waals surface area contributed by atoms with E-state index in [0.29, 0.717) is 23.5 Å². The second-order valence-corrected chi connectivity index (χ2v) is 5.36. The Morgan fingerprint density at radius 1 is 1.43 bits per heavy atom. The Morgan fingerprint density at radius 2 is 2.24 bits per heavy atom. The maximum absolute atomic E-state index is 11.2. The number of rotatable bonds is 4. The normalized spacial score (nSPS) is 13.0. The van der Waals surface area contributed by atoms with E-state index in [1.165, 1.54) is 11.1 Å². The standard InChI is InChI=1S/C16H18N2O3/c1-10-15(16(19)20)11(2)18(17-10)7-5-12-3-4-14-13(9-12)6-8-21-14/h3-4,9H,5-8H2,1-2H3,(H,19,20). The molecule has 0 saturated heterocycles. The molecule has 1 aromatic carbocycles. The van der Waals surface area contributed by atoms with E-state index in [0.717, 1.165) is 25.2 Å². The SMILES string of the molecule is Cc1nn(CCc2ccc3c(c2)CCO3)c(C)c1C(=O)O. The van der Waals surface area contributed by atoms with E-state index >= 15 is 0 Å². The summed E-state index contributed by atoms with van der Waals surface area (Å²) >= 11 is 0. The number of benzene rings is 1. The number of nitrogens with zero attached hydrogens (tertiary/aromatic N) is 2. The molecule has 0 radical (unpaired) electrons. The predicted molar refractivity (Wildman–Crippen MR) is 78.0 cm³/mol. The lowest BCUT2D eigenvalue weighted by Crippen LogP contribution is -2.07. The van der Waals surface area contributed by atoms with Gasteiger partial charge in [0.2, 0.25) is 0 Å². The fourth-order valence-electron chi connectivity index (χ4n) is 2.85. The Kier molecular flexibility index (Phi) is 3.41. The summed E-state index contributed by atoms with van der Waals surface area (Å²) in [6.45, 7) is 4.98. The van der Waals surface area contributed by atoms with Crippen LogP contribution in [0.15, 0.2) is 18.2 Å². The number of ether oxygens (including phenoxy) is 1. The van der Waals surface area contributed by atoms with Gasteiger partial charge in [0.1, 0.15) is 11.3 Å². The van der Waals surface area contributed by atoms with Crippen molar-refractivity contribution in [3.05, 3.63) is 46.3 Å². The molecule has 0 saturated carbocycles. The van der Waals surface area contributed by atoms with E-state index < -0.39 is 5.97 Å². The summed E-state index contributed by atoms with van der Waals surface area (Å²) in [5, 5.41) is 13.5. The van der Waals surface area contributed by atoms with Gasteiger partial charge in [-0.3, -0.25) is 4.68 Å². The molecule has 1 aromatic heterocycles. The zero-order valence-electron chi connectivity index (χ0n) is 12.2. The number of carboxylic acids is 1. The van der Waals surface area contributed by atoms with E-state index in [4.69, 9.17) is 4.74 Å². The van der Waals surface area contributed by atoms with Crippen molar-refractivity contribution in [3.63, 3.8) is 0 Å². The van der Waals surface area contributed by atoms with Crippen LogP contribution in [0.2, 0.25) is 0 Å². The summed E-state index contributed by atoms with van der Waals surface area (Å²) < 4.78 is 7.28. The molecule has 0 amide bonds. The molecule has 3 rings (SSSR count). The molecule has 0 spiro atoms. The lowest BCUT2D eigenvalue weighted by Gasteiger charge is -2.06. The Labute approximate surface area is 123 Å². The van der Waals surface area contributed by atoms with Crippen LogP contribution < -0.4 is 4.74 Å². The van der Waals surface area contributed by atoms with E-state index in [-0.39, 0.29) is 0 Å². The van der Waals surface area contributed by atoms with Gasteiger partial charge in [0.25, 0.3) is 0 Å². The van der Waals surface area contributed by atoms with Crippen LogP contribution in [0, 0.1) is 13.8 Å². The van der Waals surface area contributed by atoms with Gasteiger partial charge in [-0.1, -0.05) is 12.1 Å². The number of carbonyl (C=O) groups is 1. The maximum Gasteiger partial charge on any atom is 0.339 e. The molecule has 5 nitrogen and oxygen atoms in total. The molecule has 21 heavy (non-hydrogen) atoms. The van der Waals surface area contributed by atoms with E-state index in [1.807, 2.05) is 6.07 Å². The zero-order chi connectivity index (χ0) is 15.0. The van der Waals surface area contributed by atoms with Crippen LogP contribution in [0.5, 0.6) is 5.75 Å². The van der Waals surface area contributed by atoms with Crippen molar-refractivity contribution in [2.24, 2.45) is 0 Å². The van der Waals surface area contributed by atoms with Crippen LogP contribution >= 0.6 is 0 Å². The molecule has 0 unspecified atom stereocenters. The third kappa shape index (κ3) is 2.51. The van der Waals surface area contributed by atoms with Gasteiger partial charge in [0.15, 0.2) is 0 Å². The summed E-state index contributed by atoms with van der Waals surface area (Å²) in [6, 6.07) is 6.25. The molecule has 2 aromatic rings. The van der Waals surface area contributed by atoms with Crippen molar-refractivity contribution in [2.75, 3.05) is 6.61 Å². The first-order valence-corrected chi connectivity index (χ1v) is 7.08. The monoisotopic (exact) mass is 286 g/mol. The number of fused-ring (bicyclic) bond motifs is 1. The fraction of sp³-hybridized carbons (Fsp3) is 0.375. The van der Waals surface area contributed by atoms with Gasteiger partial charge in [0, 0.05) is 13.0 Å². The van der Waals surface area contributed by atoms with Gasteiger partial charge >= 0.3 is 5.97 Å². The zero-order valence-corrected chi connectivity index (χ0v) is 12.2. The fourth-order valence-corrected chi connectivity index (χ4v) is 2.85. The summed E-state index contributed by atoms with van der Waals surface area (Å²) in [4.78, 5) is 11.2. The van der Waals surface area contributed by atoms with Crippen LogP contribution in [0.4, 0.5) is 0 Å². The molecular formula is C16H18N2O3. The van der Waals surface area contributed by atoms with Crippen molar-refractivity contribution in [2.45, 2.75) is 33.2 Å². The first-order valence-electron chi connectivity index (χ1n) is 7.08. The van der Waals surface area contributed by atoms with E-state index in [2.05, 4.69) is 17.2 Å². The topological polar surface area (TPSA) is 64.4 Å². The highest BCUT2D eigenvalue weighted by Gasteiger charge is 2.17. The van der Waals surface area contributed by atoms with E-state index in [9.17, 15) is 9.90 Å². The van der Waals surface area contributed by atoms with Gasteiger partial charge in [-0.15, -0.1) is 0 Å². The summed E-state index contributed by atoms with van der Waals surface area (Å²) in [5.41, 5.74) is 4.08. The first-order chi connectivity index (χ1) is 10.1.